The van der Waals surface area contributed by atoms with E-state index < -0.39 is 54.4 Å². The van der Waals surface area contributed by atoms with Crippen LogP contribution in [0.5, 0.6) is 11.5 Å². The van der Waals surface area contributed by atoms with E-state index in [2.05, 4.69) is 5.32 Å². The van der Waals surface area contributed by atoms with Crippen LogP contribution in [0, 0.1) is 29.4 Å². The van der Waals surface area contributed by atoms with Crippen molar-refractivity contribution >= 4 is 64.0 Å². The largest absolute Gasteiger partial charge is 0.495 e. The molecule has 4 heterocycles. The molecule has 68 heavy (non-hydrogen) atoms. The number of carbonyl (C=O) groups excluding carboxylic acids is 3. The van der Waals surface area contributed by atoms with Gasteiger partial charge in [0.1, 0.15) is 46.1 Å². The number of aromatic nitrogens is 2. The van der Waals surface area contributed by atoms with Crippen molar-refractivity contribution in [3.8, 4) is 22.9 Å². The summed E-state index contributed by atoms with van der Waals surface area (Å²) in [5, 5.41) is 5.49. The summed E-state index contributed by atoms with van der Waals surface area (Å²) in [5.74, 6) is -3.43. The summed E-state index contributed by atoms with van der Waals surface area (Å²) >= 11 is 8.36. The Kier molecular flexibility index (Phi) is 15.6. The molecule has 1 amide bonds. The van der Waals surface area contributed by atoms with Gasteiger partial charge >= 0.3 is 5.97 Å². The number of nitrogens with one attached hydrogen (secondary N) is 1. The van der Waals surface area contributed by atoms with Crippen LogP contribution in [-0.2, 0) is 34.4 Å². The molecule has 0 radical (unpaired) electrons. The molecule has 366 valence electrons. The van der Waals surface area contributed by atoms with Gasteiger partial charge in [-0.1, -0.05) is 43.2 Å². The number of methoxy groups -OCH3 is 1. The highest BCUT2D eigenvalue weighted by atomic mass is 35.5. The number of Topliss-reactive ketones (excluding diaryl/α,β-unsaturated/α-hetero) is 1. The predicted molar refractivity (Wildman–Crippen MR) is 261 cm³/mol. The third-order valence-electron chi connectivity index (χ3n) is 14.1. The summed E-state index contributed by atoms with van der Waals surface area (Å²) in [6.07, 6.45) is 8.98. The number of carbonyl (C=O) groups is 3. The number of fused-ring (bicyclic) bond motifs is 3. The number of anilines is 1. The second-order valence-corrected chi connectivity index (χ2v) is 23.3. The maximum absolute atomic E-state index is 15.4. The lowest BCUT2D eigenvalue weighted by atomic mass is 9.85. The molecule has 4 aromatic rings. The lowest BCUT2D eigenvalue weighted by Gasteiger charge is -2.33. The molecule has 12 nitrogen and oxygen atoms in total. The fourth-order valence-electron chi connectivity index (χ4n) is 10.4. The van der Waals surface area contributed by atoms with Crippen molar-refractivity contribution in [3.05, 3.63) is 76.2 Å². The zero-order valence-electron chi connectivity index (χ0n) is 39.4. The van der Waals surface area contributed by atoms with Crippen LogP contribution >= 0.6 is 30.3 Å². The van der Waals surface area contributed by atoms with Crippen molar-refractivity contribution in [2.24, 2.45) is 17.8 Å². The molecule has 2 saturated carbocycles. The molecule has 0 bridgehead atoms. The fourth-order valence-corrected chi connectivity index (χ4v) is 14.8. The molecule has 0 spiro atoms. The van der Waals surface area contributed by atoms with Crippen molar-refractivity contribution in [1.82, 2.24) is 14.9 Å². The first-order chi connectivity index (χ1) is 32.6. The lowest BCUT2D eigenvalue weighted by molar-refractivity contribution is -0.155. The number of hydrogen-bond donors (Lipinski definition) is 1. The van der Waals surface area contributed by atoms with Gasteiger partial charge in [0.2, 0.25) is 13.3 Å². The molecule has 2 aromatic carbocycles. The number of amides is 1. The van der Waals surface area contributed by atoms with Gasteiger partial charge in [0.15, 0.2) is 10.9 Å². The van der Waals surface area contributed by atoms with Gasteiger partial charge in [0.25, 0.3) is 0 Å². The van der Waals surface area contributed by atoms with Crippen molar-refractivity contribution in [3.63, 3.8) is 0 Å². The maximum Gasteiger partial charge on any atom is 0.306 e. The Labute approximate surface area is 406 Å². The summed E-state index contributed by atoms with van der Waals surface area (Å²) < 4.78 is 70.6. The van der Waals surface area contributed by atoms with E-state index in [4.69, 9.17) is 40.3 Å². The summed E-state index contributed by atoms with van der Waals surface area (Å²) in [7, 11) is -2.51. The number of hydrogen-bond acceptors (Lipinski definition) is 12. The Bertz CT molecular complexity index is 2570. The molecule has 2 aliphatic carbocycles. The number of rotatable bonds is 14. The van der Waals surface area contributed by atoms with E-state index >= 15 is 22.9 Å². The zero-order valence-corrected chi connectivity index (χ0v) is 41.9. The van der Waals surface area contributed by atoms with Gasteiger partial charge in [-0.05, 0) is 108 Å². The molecular formula is C51H62ClF2N4O8PS. The standard InChI is InChI=1S/C51H62ClF2N4O8PS/c1-6-64-67(62,28-37-38(53)18-13-19-39(37)54)51-25-32(51)15-10-8-7-9-14-31(4)36(23-46(60)66-33-16-11-12-17-33)49(61)58-27-34(22-42(58)43(59)26-51)65-45-24-40(41-29-68-50(57-41)55-30(2)3)56-48-35(45)20-21-44(63-5)47(48)52/h10,13,15,18-21,24,29-34,36,42H,6-9,11-12,14,16-17,22-23,25-28H2,1-5H3,(H,55,57)/b15-10-/t31-,32-,34-,36+,42+,51-,67?/m1/s1. The Balaban J connectivity index is 1.18. The van der Waals surface area contributed by atoms with E-state index in [0.29, 0.717) is 58.2 Å². The van der Waals surface area contributed by atoms with Crippen molar-refractivity contribution in [2.45, 2.75) is 140 Å². The number of thiazole rings is 1. The van der Waals surface area contributed by atoms with Gasteiger partial charge in [0, 0.05) is 41.3 Å². The SMILES string of the molecule is CCOP(=O)(Cc1c(F)cccc1F)[C@]12CC(=O)[C@@H]3C[C@@H](Oc4cc(-c5csc(NC(C)C)n5)nc5c(Cl)c(OC)ccc45)CN3C(=O)[C@@H](CC(=O)OC3CCCC3)[C@H](C)CCCC/C=C\[C@@H]1C2. The van der Waals surface area contributed by atoms with Crippen molar-refractivity contribution in [2.75, 3.05) is 25.6 Å². The Morgan fingerprint density at radius 1 is 1.03 bits per heavy atom. The number of halogens is 3. The first kappa shape index (κ1) is 50.0. The van der Waals surface area contributed by atoms with Crippen molar-refractivity contribution < 1.29 is 46.5 Å². The third-order valence-corrected chi connectivity index (χ3v) is 18.7. The van der Waals surface area contributed by atoms with Crippen LogP contribution in [0.3, 0.4) is 0 Å². The minimum Gasteiger partial charge on any atom is -0.495 e. The molecule has 8 rings (SSSR count). The molecule has 1 unspecified atom stereocenters. The quantitative estimate of drug-likeness (QED) is 0.0731. The molecule has 3 fully saturated rings. The molecule has 17 heteroatoms. The van der Waals surface area contributed by atoms with Crippen LogP contribution in [0.4, 0.5) is 13.9 Å². The van der Waals surface area contributed by atoms with Gasteiger partial charge in [-0.3, -0.25) is 18.9 Å². The number of pyridine rings is 1. The first-order valence-corrected chi connectivity index (χ1v) is 27.1. The lowest BCUT2D eigenvalue weighted by Crippen LogP contribution is -2.46. The Morgan fingerprint density at radius 3 is 2.50 bits per heavy atom. The Hall–Kier alpha value is -4.43. The number of benzene rings is 2. The van der Waals surface area contributed by atoms with E-state index in [0.717, 1.165) is 50.7 Å². The van der Waals surface area contributed by atoms with Crippen LogP contribution in [-0.4, -0.2) is 82.2 Å². The molecule has 4 aliphatic rings. The number of allylic oxidation sites excluding steroid dienone is 2. The van der Waals surface area contributed by atoms with Crippen LogP contribution in [0.2, 0.25) is 5.02 Å². The summed E-state index contributed by atoms with van der Waals surface area (Å²) in [4.78, 5) is 55.5. The minimum atomic E-state index is -4.02. The Morgan fingerprint density at radius 2 is 1.78 bits per heavy atom. The molecule has 7 atom stereocenters. The maximum atomic E-state index is 15.4. The summed E-state index contributed by atoms with van der Waals surface area (Å²) in [6.45, 7) is 7.69. The normalized spacial score (nSPS) is 26.1. The number of nitrogens with zero attached hydrogens (tertiary/aromatic N) is 3. The highest BCUT2D eigenvalue weighted by Crippen LogP contribution is 2.77. The average Bonchev–Trinajstić information content (AvgIpc) is 3.72. The molecule has 2 aliphatic heterocycles. The number of ether oxygens (including phenoxy) is 3. The number of ketones is 1. The predicted octanol–water partition coefficient (Wildman–Crippen LogP) is 12.0. The number of esters is 1. The highest BCUT2D eigenvalue weighted by Gasteiger charge is 2.66. The van der Waals surface area contributed by atoms with Gasteiger partial charge in [-0.2, -0.15) is 0 Å². The van der Waals surface area contributed by atoms with Crippen LogP contribution in [0.1, 0.15) is 110 Å². The molecule has 2 aromatic heterocycles. The minimum absolute atomic E-state index is 0.00177. The molecule has 1 N–H and O–H groups in total. The van der Waals surface area contributed by atoms with Gasteiger partial charge < -0.3 is 29.0 Å². The second-order valence-electron chi connectivity index (χ2n) is 19.2. The summed E-state index contributed by atoms with van der Waals surface area (Å²) in [6, 6.07) is 7.89. The molecule has 1 saturated heterocycles. The summed E-state index contributed by atoms with van der Waals surface area (Å²) in [5.41, 5.74) is 1.13. The van der Waals surface area contributed by atoms with Crippen LogP contribution in [0.25, 0.3) is 22.3 Å². The monoisotopic (exact) mass is 994 g/mol. The van der Waals surface area contributed by atoms with E-state index in [-0.39, 0.29) is 78.7 Å². The first-order valence-electron chi connectivity index (χ1n) is 24.1. The van der Waals surface area contributed by atoms with E-state index in [1.807, 2.05) is 38.3 Å². The van der Waals surface area contributed by atoms with E-state index in [1.54, 1.807) is 30.0 Å². The third kappa shape index (κ3) is 10.7. The van der Waals surface area contributed by atoms with E-state index in [1.165, 1.54) is 24.5 Å². The highest BCUT2D eigenvalue weighted by molar-refractivity contribution is 7.60. The van der Waals surface area contributed by atoms with Crippen molar-refractivity contribution in [1.29, 1.82) is 0 Å². The smallest absolute Gasteiger partial charge is 0.306 e. The van der Waals surface area contributed by atoms with Crippen LogP contribution < -0.4 is 14.8 Å². The van der Waals surface area contributed by atoms with Gasteiger partial charge in [-0.15, -0.1) is 11.3 Å². The van der Waals surface area contributed by atoms with Crippen LogP contribution in [0.15, 0.2) is 53.9 Å². The second kappa shape index (κ2) is 21.3. The zero-order chi connectivity index (χ0) is 48.3. The van der Waals surface area contributed by atoms with E-state index in [9.17, 15) is 4.79 Å². The fraction of sp³-hybridized carbons (Fsp3) is 0.549. The molecular weight excluding hydrogens is 933 g/mol. The van der Waals surface area contributed by atoms with Gasteiger partial charge in [0.05, 0.1) is 61.2 Å². The topological polar surface area (TPSA) is 146 Å². The van der Waals surface area contributed by atoms with Gasteiger partial charge in [-0.25, -0.2) is 18.7 Å². The average molecular weight is 996 g/mol.